The molecule has 4 rings (SSSR count). The Labute approximate surface area is 216 Å². The lowest BCUT2D eigenvalue weighted by molar-refractivity contribution is -0.0153. The first-order valence-corrected chi connectivity index (χ1v) is 13.8. The van der Waals surface area contributed by atoms with Crippen LogP contribution in [0.2, 0.25) is 0 Å². The molecule has 36 heavy (non-hydrogen) atoms. The summed E-state index contributed by atoms with van der Waals surface area (Å²) in [5.74, 6) is -0.384. The second-order valence-electron chi connectivity index (χ2n) is 11.3. The monoisotopic (exact) mass is 495 g/mol. The summed E-state index contributed by atoms with van der Waals surface area (Å²) >= 11 is 0. The first kappa shape index (κ1) is 26.6. The molecule has 196 valence electrons. The minimum absolute atomic E-state index is 0.000799. The van der Waals surface area contributed by atoms with Crippen LogP contribution >= 0.6 is 0 Å². The van der Waals surface area contributed by atoms with Gasteiger partial charge in [0, 0.05) is 36.8 Å². The van der Waals surface area contributed by atoms with Gasteiger partial charge in [0.15, 0.2) is 0 Å². The first-order chi connectivity index (χ1) is 17.1. The van der Waals surface area contributed by atoms with E-state index in [9.17, 15) is 8.78 Å². The number of nitrogens with zero attached hydrogens (tertiary/aromatic N) is 2. The van der Waals surface area contributed by atoms with Crippen molar-refractivity contribution in [3.8, 4) is 0 Å². The Bertz CT molecular complexity index is 1080. The Hall–Kier alpha value is -2.43. The van der Waals surface area contributed by atoms with E-state index in [2.05, 4.69) is 87.2 Å². The van der Waals surface area contributed by atoms with E-state index in [0.717, 1.165) is 37.2 Å². The number of aromatic nitrogens is 1. The quantitative estimate of drug-likeness (QED) is 0.400. The molecule has 1 aromatic carbocycles. The average molecular weight is 496 g/mol. The van der Waals surface area contributed by atoms with Gasteiger partial charge in [0.05, 0.1) is 0 Å². The molecule has 3 nitrogen and oxygen atoms in total. The summed E-state index contributed by atoms with van der Waals surface area (Å²) in [5.41, 5.74) is 6.16. The molecule has 1 aliphatic heterocycles. The maximum atomic E-state index is 13.9. The first-order valence-electron chi connectivity index (χ1n) is 13.8. The number of halogens is 2. The molecule has 4 unspecified atom stereocenters. The van der Waals surface area contributed by atoms with Gasteiger partial charge in [0.2, 0.25) is 5.92 Å². The van der Waals surface area contributed by atoms with Gasteiger partial charge in [-0.2, -0.15) is 0 Å². The number of allylic oxidation sites excluding steroid dienone is 2. The maximum Gasteiger partial charge on any atom is 0.248 e. The summed E-state index contributed by atoms with van der Waals surface area (Å²) in [6.45, 7) is 10.8. The topological polar surface area (TPSA) is 29.3 Å². The molecule has 2 heterocycles. The number of hydrogen-bond donors (Lipinski definition) is 1. The number of aliphatic imine (C=N–C) groups is 1. The normalized spacial score (nSPS) is 26.2. The van der Waals surface area contributed by atoms with Crippen molar-refractivity contribution in [1.29, 1.82) is 0 Å². The molecule has 1 saturated carbocycles. The van der Waals surface area contributed by atoms with Crippen molar-refractivity contribution in [3.05, 3.63) is 65.0 Å². The van der Waals surface area contributed by atoms with E-state index in [1.807, 2.05) is 0 Å². The molecule has 1 aromatic heterocycles. The van der Waals surface area contributed by atoms with Crippen LogP contribution < -0.4 is 5.32 Å². The molecule has 0 amide bonds. The zero-order valence-electron chi connectivity index (χ0n) is 22.7. The summed E-state index contributed by atoms with van der Waals surface area (Å²) in [6.07, 6.45) is 14.1. The van der Waals surface area contributed by atoms with E-state index in [1.165, 1.54) is 22.3 Å². The predicted octanol–water partition coefficient (Wildman–Crippen LogP) is 8.48. The fourth-order valence-electron chi connectivity index (χ4n) is 5.93. The molecule has 4 atom stereocenters. The van der Waals surface area contributed by atoms with Crippen molar-refractivity contribution in [2.45, 2.75) is 98.1 Å². The smallest absolute Gasteiger partial charge is 0.248 e. The molecule has 0 saturated heterocycles. The highest BCUT2D eigenvalue weighted by Crippen LogP contribution is 2.39. The standard InChI is InChI=1S/C31H43F2N3/c1-6-25-8-7-9-29(35-30(25)34-28-17-21(2)16-22(3)18-28)36-19-24(5)27(20-36)11-10-26-13-15-31(32,33)14-12-23(26)4/h7,9,16-20,23,25-26,30,34H,6,8,10-15H2,1-5H3. The predicted molar refractivity (Wildman–Crippen MR) is 147 cm³/mol. The lowest BCUT2D eigenvalue weighted by Gasteiger charge is -2.24. The summed E-state index contributed by atoms with van der Waals surface area (Å²) in [4.78, 5) is 5.20. The van der Waals surface area contributed by atoms with Crippen LogP contribution in [0.1, 0.15) is 81.0 Å². The Kier molecular flexibility index (Phi) is 8.37. The molecule has 2 aliphatic rings. The van der Waals surface area contributed by atoms with Gasteiger partial charge in [-0.1, -0.05) is 26.0 Å². The lowest BCUT2D eigenvalue weighted by Crippen LogP contribution is -2.28. The van der Waals surface area contributed by atoms with Crippen LogP contribution in [0, 0.1) is 38.5 Å². The van der Waals surface area contributed by atoms with Gasteiger partial charge >= 0.3 is 0 Å². The van der Waals surface area contributed by atoms with Gasteiger partial charge in [-0.25, -0.2) is 13.8 Å². The van der Waals surface area contributed by atoms with Crippen molar-refractivity contribution in [1.82, 2.24) is 4.57 Å². The van der Waals surface area contributed by atoms with Crippen LogP contribution in [0.4, 0.5) is 14.5 Å². The molecule has 0 spiro atoms. The maximum absolute atomic E-state index is 13.9. The van der Waals surface area contributed by atoms with Crippen molar-refractivity contribution in [2.24, 2.45) is 22.7 Å². The minimum Gasteiger partial charge on any atom is -0.363 e. The van der Waals surface area contributed by atoms with E-state index in [1.54, 1.807) is 0 Å². The molecular weight excluding hydrogens is 452 g/mol. The Morgan fingerprint density at radius 1 is 1.03 bits per heavy atom. The number of rotatable bonds is 6. The number of benzene rings is 1. The minimum atomic E-state index is -2.48. The molecule has 5 heteroatoms. The number of anilines is 1. The van der Waals surface area contributed by atoms with E-state index >= 15 is 0 Å². The van der Waals surface area contributed by atoms with Gasteiger partial charge in [0.1, 0.15) is 12.0 Å². The molecular formula is C31H43F2N3. The van der Waals surface area contributed by atoms with E-state index < -0.39 is 5.92 Å². The summed E-state index contributed by atoms with van der Waals surface area (Å²) in [5, 5.41) is 3.71. The fourth-order valence-corrected chi connectivity index (χ4v) is 5.93. The largest absolute Gasteiger partial charge is 0.363 e. The SMILES string of the molecule is CCC1CC=CC(n2cc(C)c(CCC3CCC(F)(F)CCC3C)c2)=NC1Nc1cc(C)cc(C)c1. The van der Waals surface area contributed by atoms with Crippen molar-refractivity contribution in [3.63, 3.8) is 0 Å². The highest BCUT2D eigenvalue weighted by Gasteiger charge is 2.35. The third kappa shape index (κ3) is 6.66. The number of aryl methyl sites for hydroxylation is 4. The zero-order valence-corrected chi connectivity index (χ0v) is 22.7. The third-order valence-corrected chi connectivity index (χ3v) is 8.32. The van der Waals surface area contributed by atoms with Gasteiger partial charge in [0.25, 0.3) is 0 Å². The highest BCUT2D eigenvalue weighted by atomic mass is 19.3. The van der Waals surface area contributed by atoms with Crippen LogP contribution in [0.25, 0.3) is 0 Å². The number of nitrogens with one attached hydrogen (secondary N) is 1. The molecule has 1 fully saturated rings. The Balaban J connectivity index is 1.50. The second kappa shape index (κ2) is 11.3. The summed E-state index contributed by atoms with van der Waals surface area (Å²) < 4.78 is 30.0. The van der Waals surface area contributed by atoms with Crippen LogP contribution in [0.15, 0.2) is 47.7 Å². The molecule has 0 bridgehead atoms. The Morgan fingerprint density at radius 2 is 1.75 bits per heavy atom. The molecule has 1 aliphatic carbocycles. The number of alkyl halides is 2. The second-order valence-corrected chi connectivity index (χ2v) is 11.3. The molecule has 1 N–H and O–H groups in total. The van der Waals surface area contributed by atoms with Gasteiger partial charge in [-0.05, 0) is 112 Å². The fraction of sp³-hybridized carbons (Fsp3) is 0.581. The summed E-state index contributed by atoms with van der Waals surface area (Å²) in [7, 11) is 0. The third-order valence-electron chi connectivity index (χ3n) is 8.32. The number of hydrogen-bond acceptors (Lipinski definition) is 2. The van der Waals surface area contributed by atoms with Crippen molar-refractivity contribution in [2.75, 3.05) is 5.32 Å². The average Bonchev–Trinajstić information content (AvgIpc) is 2.97. The van der Waals surface area contributed by atoms with Crippen LogP contribution in [0.3, 0.4) is 0 Å². The van der Waals surface area contributed by atoms with Gasteiger partial charge < -0.3 is 9.88 Å². The van der Waals surface area contributed by atoms with Crippen LogP contribution in [0.5, 0.6) is 0 Å². The van der Waals surface area contributed by atoms with Crippen LogP contribution in [-0.4, -0.2) is 22.5 Å². The van der Waals surface area contributed by atoms with Crippen LogP contribution in [-0.2, 0) is 6.42 Å². The van der Waals surface area contributed by atoms with E-state index in [-0.39, 0.29) is 19.0 Å². The van der Waals surface area contributed by atoms with E-state index in [4.69, 9.17) is 4.99 Å². The van der Waals surface area contributed by atoms with Gasteiger partial charge in [-0.3, -0.25) is 0 Å². The Morgan fingerprint density at radius 3 is 2.47 bits per heavy atom. The van der Waals surface area contributed by atoms with Crippen molar-refractivity contribution >= 4 is 11.5 Å². The molecule has 2 aromatic rings. The lowest BCUT2D eigenvalue weighted by atomic mass is 9.85. The summed E-state index contributed by atoms with van der Waals surface area (Å²) in [6, 6.07) is 6.57. The van der Waals surface area contributed by atoms with Gasteiger partial charge in [-0.15, -0.1) is 0 Å². The van der Waals surface area contributed by atoms with E-state index in [0.29, 0.717) is 30.6 Å². The zero-order chi connectivity index (χ0) is 25.9. The van der Waals surface area contributed by atoms with Crippen molar-refractivity contribution < 1.29 is 8.78 Å². The highest BCUT2D eigenvalue weighted by molar-refractivity contribution is 5.95. The molecule has 0 radical (unpaired) electrons.